The largest absolute Gasteiger partial charge is 0.506 e. The molecule has 0 saturated heterocycles. The molecule has 3 heteroatoms. The summed E-state index contributed by atoms with van der Waals surface area (Å²) in [5.41, 5.74) is 4.61. The fraction of sp³-hybridized carbons (Fsp3) is 0.200. The minimum atomic E-state index is 0.117. The van der Waals surface area contributed by atoms with Gasteiger partial charge in [-0.2, -0.15) is 0 Å². The molecule has 0 fully saturated rings. The minimum absolute atomic E-state index is 0.117. The van der Waals surface area contributed by atoms with Crippen LogP contribution in [0.25, 0.3) is 0 Å². The van der Waals surface area contributed by atoms with E-state index in [0.29, 0.717) is 11.6 Å². The monoisotopic (exact) mass is 261 g/mol. The first-order valence-corrected chi connectivity index (χ1v) is 6.22. The topological polar surface area (TPSA) is 32.3 Å². The maximum Gasteiger partial charge on any atom is 0.134 e. The van der Waals surface area contributed by atoms with Crippen molar-refractivity contribution < 1.29 is 5.11 Å². The van der Waals surface area contributed by atoms with Gasteiger partial charge < -0.3 is 10.4 Å². The number of hydrogen-bond donors (Lipinski definition) is 2. The van der Waals surface area contributed by atoms with Crippen LogP contribution in [0.4, 0.5) is 5.69 Å². The molecular formula is C15H16ClNO. The lowest BCUT2D eigenvalue weighted by atomic mass is 10.1. The van der Waals surface area contributed by atoms with Crippen LogP contribution in [0.15, 0.2) is 36.4 Å². The fourth-order valence-corrected chi connectivity index (χ4v) is 2.14. The van der Waals surface area contributed by atoms with E-state index in [2.05, 4.69) is 37.4 Å². The molecule has 0 aliphatic carbocycles. The zero-order chi connectivity index (χ0) is 13.1. The Balaban J connectivity index is 2.08. The van der Waals surface area contributed by atoms with Crippen LogP contribution >= 0.6 is 11.6 Å². The summed E-state index contributed by atoms with van der Waals surface area (Å²) in [6, 6.07) is 11.6. The van der Waals surface area contributed by atoms with Crippen molar-refractivity contribution in [2.45, 2.75) is 20.4 Å². The number of anilines is 1. The molecule has 0 heterocycles. The third-order valence-corrected chi connectivity index (χ3v) is 3.03. The Morgan fingerprint density at radius 3 is 2.33 bits per heavy atom. The number of rotatable bonds is 3. The van der Waals surface area contributed by atoms with E-state index in [4.69, 9.17) is 11.6 Å². The van der Waals surface area contributed by atoms with Crippen molar-refractivity contribution in [1.82, 2.24) is 0 Å². The van der Waals surface area contributed by atoms with Gasteiger partial charge >= 0.3 is 0 Å². The smallest absolute Gasteiger partial charge is 0.134 e. The van der Waals surface area contributed by atoms with Crippen LogP contribution in [0, 0.1) is 13.8 Å². The average molecular weight is 262 g/mol. The molecular weight excluding hydrogens is 246 g/mol. The number of aryl methyl sites for hydroxylation is 2. The lowest BCUT2D eigenvalue weighted by Crippen LogP contribution is -1.99. The highest BCUT2D eigenvalue weighted by molar-refractivity contribution is 6.32. The Bertz CT molecular complexity index is 546. The maximum absolute atomic E-state index is 9.35. The van der Waals surface area contributed by atoms with Crippen LogP contribution < -0.4 is 5.32 Å². The first-order valence-electron chi connectivity index (χ1n) is 5.84. The number of hydrogen-bond acceptors (Lipinski definition) is 2. The molecule has 0 aliphatic heterocycles. The zero-order valence-corrected chi connectivity index (χ0v) is 11.3. The summed E-state index contributed by atoms with van der Waals surface area (Å²) in [5, 5.41) is 13.1. The van der Waals surface area contributed by atoms with Crippen molar-refractivity contribution in [3.8, 4) is 5.75 Å². The Morgan fingerprint density at radius 1 is 1.06 bits per heavy atom. The molecule has 0 spiro atoms. The zero-order valence-electron chi connectivity index (χ0n) is 10.5. The summed E-state index contributed by atoms with van der Waals surface area (Å²) in [6.45, 7) is 4.84. The number of phenolic OH excluding ortho intramolecular Hbond substituents is 1. The van der Waals surface area contributed by atoms with Gasteiger partial charge in [0.1, 0.15) is 5.75 Å². The van der Waals surface area contributed by atoms with Crippen molar-refractivity contribution in [1.29, 1.82) is 0 Å². The summed E-state index contributed by atoms with van der Waals surface area (Å²) in [6.07, 6.45) is 0. The Hall–Kier alpha value is -1.67. The van der Waals surface area contributed by atoms with E-state index in [-0.39, 0.29) is 5.75 Å². The van der Waals surface area contributed by atoms with Gasteiger partial charge in [0.25, 0.3) is 0 Å². The van der Waals surface area contributed by atoms with Gasteiger partial charge in [-0.05, 0) is 54.8 Å². The van der Waals surface area contributed by atoms with Crippen molar-refractivity contribution in [2.75, 3.05) is 5.32 Å². The van der Waals surface area contributed by atoms with Gasteiger partial charge in [0, 0.05) is 12.2 Å². The molecule has 2 aromatic rings. The van der Waals surface area contributed by atoms with Gasteiger partial charge in [-0.1, -0.05) is 23.7 Å². The lowest BCUT2D eigenvalue weighted by Gasteiger charge is -2.09. The quantitative estimate of drug-likeness (QED) is 0.865. The fourth-order valence-electron chi connectivity index (χ4n) is 1.94. The first kappa shape index (κ1) is 12.8. The Labute approximate surface area is 112 Å². The highest BCUT2D eigenvalue weighted by Crippen LogP contribution is 2.24. The van der Waals surface area contributed by atoms with Crippen LogP contribution in [0.3, 0.4) is 0 Å². The molecule has 0 unspecified atom stereocenters. The SMILES string of the molecule is Cc1cc(C)cc(NCc2ccc(O)c(Cl)c2)c1. The molecule has 0 aromatic heterocycles. The van der Waals surface area contributed by atoms with Crippen LogP contribution in [-0.4, -0.2) is 5.11 Å². The summed E-state index contributed by atoms with van der Waals surface area (Å²) >= 11 is 5.87. The van der Waals surface area contributed by atoms with Gasteiger partial charge in [-0.3, -0.25) is 0 Å². The number of nitrogens with one attached hydrogen (secondary N) is 1. The standard InChI is InChI=1S/C15H16ClNO/c1-10-5-11(2)7-13(6-10)17-9-12-3-4-15(18)14(16)8-12/h3-8,17-18H,9H2,1-2H3. The van der Waals surface area contributed by atoms with Crippen molar-refractivity contribution in [3.05, 3.63) is 58.1 Å². The second kappa shape index (κ2) is 5.32. The summed E-state index contributed by atoms with van der Waals surface area (Å²) in [4.78, 5) is 0. The summed E-state index contributed by atoms with van der Waals surface area (Å²) in [5.74, 6) is 0.117. The number of aromatic hydroxyl groups is 1. The molecule has 18 heavy (non-hydrogen) atoms. The summed E-state index contributed by atoms with van der Waals surface area (Å²) < 4.78 is 0. The minimum Gasteiger partial charge on any atom is -0.506 e. The van der Waals surface area contributed by atoms with Gasteiger partial charge in [0.05, 0.1) is 5.02 Å². The second-order valence-corrected chi connectivity index (χ2v) is 4.92. The van der Waals surface area contributed by atoms with Crippen LogP contribution in [0.2, 0.25) is 5.02 Å². The van der Waals surface area contributed by atoms with Crippen LogP contribution in [-0.2, 0) is 6.54 Å². The van der Waals surface area contributed by atoms with E-state index < -0.39 is 0 Å². The molecule has 2 rings (SSSR count). The predicted molar refractivity (Wildman–Crippen MR) is 76.4 cm³/mol. The van der Waals surface area contributed by atoms with Crippen LogP contribution in [0.1, 0.15) is 16.7 Å². The van der Waals surface area contributed by atoms with Gasteiger partial charge in [0.2, 0.25) is 0 Å². The number of halogens is 1. The van der Waals surface area contributed by atoms with Gasteiger partial charge in [-0.25, -0.2) is 0 Å². The first-order chi connectivity index (χ1) is 8.54. The molecule has 2 nitrogen and oxygen atoms in total. The highest BCUT2D eigenvalue weighted by atomic mass is 35.5. The van der Waals surface area contributed by atoms with Crippen molar-refractivity contribution in [3.63, 3.8) is 0 Å². The predicted octanol–water partition coefficient (Wildman–Crippen LogP) is 4.27. The maximum atomic E-state index is 9.35. The Kier molecular flexibility index (Phi) is 3.78. The normalized spacial score (nSPS) is 10.4. The molecule has 0 amide bonds. The lowest BCUT2D eigenvalue weighted by molar-refractivity contribution is 0.475. The van der Waals surface area contributed by atoms with Crippen molar-refractivity contribution in [2.24, 2.45) is 0 Å². The molecule has 2 N–H and O–H groups in total. The third-order valence-electron chi connectivity index (χ3n) is 2.73. The molecule has 0 aliphatic rings. The van der Waals surface area contributed by atoms with E-state index in [9.17, 15) is 5.11 Å². The highest BCUT2D eigenvalue weighted by Gasteiger charge is 2.00. The second-order valence-electron chi connectivity index (χ2n) is 4.52. The molecule has 0 atom stereocenters. The van der Waals surface area contributed by atoms with E-state index >= 15 is 0 Å². The van der Waals surface area contributed by atoms with Gasteiger partial charge in [-0.15, -0.1) is 0 Å². The van der Waals surface area contributed by atoms with Crippen molar-refractivity contribution >= 4 is 17.3 Å². The Morgan fingerprint density at radius 2 is 1.72 bits per heavy atom. The van der Waals surface area contributed by atoms with Crippen LogP contribution in [0.5, 0.6) is 5.75 Å². The number of benzene rings is 2. The average Bonchev–Trinajstić information content (AvgIpc) is 2.29. The number of phenols is 1. The molecule has 2 aromatic carbocycles. The molecule has 94 valence electrons. The summed E-state index contributed by atoms with van der Waals surface area (Å²) in [7, 11) is 0. The van der Waals surface area contributed by atoms with E-state index in [0.717, 1.165) is 11.3 Å². The third kappa shape index (κ3) is 3.17. The van der Waals surface area contributed by atoms with E-state index in [1.54, 1.807) is 12.1 Å². The molecule has 0 radical (unpaired) electrons. The molecule has 0 saturated carbocycles. The molecule has 0 bridgehead atoms. The van der Waals surface area contributed by atoms with E-state index in [1.807, 2.05) is 6.07 Å². The van der Waals surface area contributed by atoms with Gasteiger partial charge in [0.15, 0.2) is 0 Å². The van der Waals surface area contributed by atoms with E-state index in [1.165, 1.54) is 11.1 Å².